The van der Waals surface area contributed by atoms with Crippen LogP contribution in [0.5, 0.6) is 17.2 Å². The fraction of sp³-hybridized carbons (Fsp3) is 0.278. The highest BCUT2D eigenvalue weighted by Gasteiger charge is 2.21. The van der Waals surface area contributed by atoms with Crippen LogP contribution >= 0.6 is 0 Å². The highest BCUT2D eigenvalue weighted by atomic mass is 16.5. The van der Waals surface area contributed by atoms with Gasteiger partial charge in [0.25, 0.3) is 0 Å². The van der Waals surface area contributed by atoms with Crippen molar-refractivity contribution < 1.29 is 19.4 Å². The average Bonchev–Trinajstić information content (AvgIpc) is 2.55. The minimum absolute atomic E-state index is 0.0314. The van der Waals surface area contributed by atoms with Crippen molar-refractivity contribution in [2.24, 2.45) is 0 Å². The molecule has 0 spiro atoms. The van der Waals surface area contributed by atoms with Gasteiger partial charge in [0.05, 0.1) is 13.7 Å². The molecule has 0 aromatic heterocycles. The second-order valence-electron chi connectivity index (χ2n) is 4.78. The minimum Gasteiger partial charge on any atom is -0.504 e. The van der Waals surface area contributed by atoms with Crippen molar-refractivity contribution in [3.05, 3.63) is 41.5 Å². The number of benzene rings is 2. The standard InChI is InChI=1S/C18H20O4/c1-4-12-10-13(11-19)16(17(20)18(12)21-3)14-8-6-7-9-15(14)22-5-2/h6-11,20H,4-5H2,1-3H3. The van der Waals surface area contributed by atoms with Gasteiger partial charge in [-0.15, -0.1) is 0 Å². The number of carbonyl (C=O) groups excluding carboxylic acids is 1. The van der Waals surface area contributed by atoms with E-state index in [1.54, 1.807) is 6.07 Å². The summed E-state index contributed by atoms with van der Waals surface area (Å²) in [7, 11) is 1.51. The van der Waals surface area contributed by atoms with Gasteiger partial charge in [-0.2, -0.15) is 0 Å². The van der Waals surface area contributed by atoms with Gasteiger partial charge in [0.15, 0.2) is 17.8 Å². The largest absolute Gasteiger partial charge is 0.504 e. The van der Waals surface area contributed by atoms with Gasteiger partial charge < -0.3 is 14.6 Å². The minimum atomic E-state index is -0.0314. The SMILES string of the molecule is CCOc1ccccc1-c1c(C=O)cc(CC)c(OC)c1O. The lowest BCUT2D eigenvalue weighted by Gasteiger charge is -2.17. The molecule has 0 aliphatic carbocycles. The molecule has 0 unspecified atom stereocenters. The first-order valence-corrected chi connectivity index (χ1v) is 7.28. The highest BCUT2D eigenvalue weighted by molar-refractivity contribution is 5.94. The zero-order valence-corrected chi connectivity index (χ0v) is 13.1. The molecule has 22 heavy (non-hydrogen) atoms. The van der Waals surface area contributed by atoms with E-state index in [4.69, 9.17) is 9.47 Å². The van der Waals surface area contributed by atoms with Crippen LogP contribution in [0.3, 0.4) is 0 Å². The van der Waals surface area contributed by atoms with E-state index in [9.17, 15) is 9.90 Å². The molecule has 1 N–H and O–H groups in total. The molecule has 4 heteroatoms. The molecule has 0 saturated heterocycles. The first-order chi connectivity index (χ1) is 10.7. The van der Waals surface area contributed by atoms with Crippen LogP contribution in [0.15, 0.2) is 30.3 Å². The van der Waals surface area contributed by atoms with Gasteiger partial charge in [0, 0.05) is 16.7 Å². The van der Waals surface area contributed by atoms with Crippen LogP contribution in [0.25, 0.3) is 11.1 Å². The summed E-state index contributed by atoms with van der Waals surface area (Å²) in [5.74, 6) is 0.986. The molecule has 0 aliphatic rings. The summed E-state index contributed by atoms with van der Waals surface area (Å²) in [5.41, 5.74) is 2.32. The summed E-state index contributed by atoms with van der Waals surface area (Å²) >= 11 is 0. The Morgan fingerprint density at radius 1 is 1.23 bits per heavy atom. The molecule has 2 aromatic carbocycles. The third kappa shape index (κ3) is 2.77. The lowest BCUT2D eigenvalue weighted by atomic mass is 9.94. The number of hydrogen-bond acceptors (Lipinski definition) is 4. The molecule has 4 nitrogen and oxygen atoms in total. The summed E-state index contributed by atoms with van der Waals surface area (Å²) in [4.78, 5) is 11.5. The van der Waals surface area contributed by atoms with Crippen molar-refractivity contribution in [1.82, 2.24) is 0 Å². The van der Waals surface area contributed by atoms with Gasteiger partial charge in [0.1, 0.15) is 5.75 Å². The third-order valence-electron chi connectivity index (χ3n) is 3.53. The Balaban J connectivity index is 2.77. The Morgan fingerprint density at radius 3 is 2.55 bits per heavy atom. The lowest BCUT2D eigenvalue weighted by molar-refractivity contribution is 0.112. The van der Waals surface area contributed by atoms with Crippen LogP contribution in [0.1, 0.15) is 29.8 Å². The number of phenols is 1. The number of rotatable bonds is 6. The van der Waals surface area contributed by atoms with E-state index < -0.39 is 0 Å². The molecular formula is C18H20O4. The maximum absolute atomic E-state index is 11.5. The number of carbonyl (C=O) groups is 1. The van der Waals surface area contributed by atoms with E-state index in [1.165, 1.54) is 7.11 Å². The van der Waals surface area contributed by atoms with E-state index in [2.05, 4.69) is 0 Å². The van der Waals surface area contributed by atoms with Crippen molar-refractivity contribution in [2.75, 3.05) is 13.7 Å². The van der Waals surface area contributed by atoms with Gasteiger partial charge in [0.2, 0.25) is 0 Å². The lowest BCUT2D eigenvalue weighted by Crippen LogP contribution is -2.00. The molecular weight excluding hydrogens is 280 g/mol. The maximum Gasteiger partial charge on any atom is 0.166 e. The average molecular weight is 300 g/mol. The topological polar surface area (TPSA) is 55.8 Å². The molecule has 0 bridgehead atoms. The summed E-state index contributed by atoms with van der Waals surface area (Å²) in [6.07, 6.45) is 1.40. The predicted molar refractivity (Wildman–Crippen MR) is 86.0 cm³/mol. The third-order valence-corrected chi connectivity index (χ3v) is 3.53. The van der Waals surface area contributed by atoms with Gasteiger partial charge in [-0.05, 0) is 31.0 Å². The molecule has 0 aliphatic heterocycles. The number of aromatic hydroxyl groups is 1. The summed E-state index contributed by atoms with van der Waals surface area (Å²) < 4.78 is 10.9. The molecule has 2 rings (SSSR count). The van der Waals surface area contributed by atoms with E-state index in [-0.39, 0.29) is 5.75 Å². The fourth-order valence-electron chi connectivity index (χ4n) is 2.55. The maximum atomic E-state index is 11.5. The number of aryl methyl sites for hydroxylation is 1. The van der Waals surface area contributed by atoms with Crippen LogP contribution < -0.4 is 9.47 Å². The Hall–Kier alpha value is -2.49. The van der Waals surface area contributed by atoms with Crippen molar-refractivity contribution in [1.29, 1.82) is 0 Å². The molecule has 0 radical (unpaired) electrons. The van der Waals surface area contributed by atoms with Gasteiger partial charge in [-0.25, -0.2) is 0 Å². The number of hydrogen-bond donors (Lipinski definition) is 1. The van der Waals surface area contributed by atoms with Gasteiger partial charge >= 0.3 is 0 Å². The Kier molecular flexibility index (Phi) is 5.04. The van der Waals surface area contributed by atoms with E-state index >= 15 is 0 Å². The molecule has 116 valence electrons. The predicted octanol–water partition coefficient (Wildman–Crippen LogP) is 3.84. The Morgan fingerprint density at radius 2 is 1.95 bits per heavy atom. The number of methoxy groups -OCH3 is 1. The van der Waals surface area contributed by atoms with Crippen molar-refractivity contribution in [3.63, 3.8) is 0 Å². The molecule has 2 aromatic rings. The second kappa shape index (κ2) is 6.98. The van der Waals surface area contributed by atoms with Crippen molar-refractivity contribution in [2.45, 2.75) is 20.3 Å². The fourth-order valence-corrected chi connectivity index (χ4v) is 2.55. The zero-order valence-electron chi connectivity index (χ0n) is 13.1. The van der Waals surface area contributed by atoms with Crippen LogP contribution in [-0.2, 0) is 6.42 Å². The molecule has 0 atom stereocenters. The first kappa shape index (κ1) is 15.9. The van der Waals surface area contributed by atoms with Gasteiger partial charge in [-0.1, -0.05) is 25.1 Å². The number of ether oxygens (including phenoxy) is 2. The van der Waals surface area contributed by atoms with Crippen molar-refractivity contribution >= 4 is 6.29 Å². The van der Waals surface area contributed by atoms with Gasteiger partial charge in [-0.3, -0.25) is 4.79 Å². The van der Waals surface area contributed by atoms with Crippen LogP contribution in [0.2, 0.25) is 0 Å². The molecule has 0 amide bonds. The highest BCUT2D eigenvalue weighted by Crippen LogP contribution is 2.45. The van der Waals surface area contributed by atoms with E-state index in [0.29, 0.717) is 41.2 Å². The smallest absolute Gasteiger partial charge is 0.166 e. The molecule has 0 heterocycles. The monoisotopic (exact) mass is 300 g/mol. The second-order valence-corrected chi connectivity index (χ2v) is 4.78. The van der Waals surface area contributed by atoms with E-state index in [0.717, 1.165) is 11.8 Å². The summed E-state index contributed by atoms with van der Waals surface area (Å²) in [6, 6.07) is 9.07. The Labute approximate surface area is 130 Å². The summed E-state index contributed by atoms with van der Waals surface area (Å²) in [6.45, 7) is 4.33. The zero-order chi connectivity index (χ0) is 16.1. The molecule has 0 fully saturated rings. The van der Waals surface area contributed by atoms with E-state index in [1.807, 2.05) is 38.1 Å². The molecule has 0 saturated carbocycles. The number of aldehydes is 1. The normalized spacial score (nSPS) is 10.3. The van der Waals surface area contributed by atoms with Crippen LogP contribution in [-0.4, -0.2) is 25.1 Å². The quantitative estimate of drug-likeness (QED) is 0.823. The van der Waals surface area contributed by atoms with Crippen LogP contribution in [0.4, 0.5) is 0 Å². The summed E-state index contributed by atoms with van der Waals surface area (Å²) in [5, 5.41) is 10.6. The Bertz CT molecular complexity index is 677. The van der Waals surface area contributed by atoms with Crippen molar-refractivity contribution in [3.8, 4) is 28.4 Å². The first-order valence-electron chi connectivity index (χ1n) is 7.28. The van der Waals surface area contributed by atoms with Crippen LogP contribution in [0, 0.1) is 0 Å². The number of para-hydroxylation sites is 1. The number of phenolic OH excluding ortho intramolecular Hbond substituents is 1.